The van der Waals surface area contributed by atoms with Crippen molar-refractivity contribution in [2.45, 2.75) is 51.2 Å². The number of rotatable bonds is 3. The minimum Gasteiger partial charge on any atom is -0.444 e. The molecule has 1 aliphatic carbocycles. The summed E-state index contributed by atoms with van der Waals surface area (Å²) >= 11 is 2.24. The van der Waals surface area contributed by atoms with E-state index in [9.17, 15) is 4.79 Å². The molecule has 0 spiro atoms. The van der Waals surface area contributed by atoms with Crippen LogP contribution in [0.1, 0.15) is 45.6 Å². The normalized spacial score (nSPS) is 15.9. The molecule has 1 amide bonds. The predicted molar refractivity (Wildman–Crippen MR) is 115 cm³/mol. The fourth-order valence-electron chi connectivity index (χ4n) is 3.44. The number of carbonyl (C=O) groups excluding carboxylic acids is 1. The van der Waals surface area contributed by atoms with Crippen LogP contribution in [-0.4, -0.2) is 21.7 Å². The molecule has 0 radical (unpaired) electrons. The molecule has 1 aliphatic rings. The van der Waals surface area contributed by atoms with Gasteiger partial charge in [0.05, 0.1) is 9.11 Å². The van der Waals surface area contributed by atoms with Gasteiger partial charge in [-0.15, -0.1) is 0 Å². The monoisotopic (exact) mass is 491 g/mol. The average Bonchev–Trinajstić information content (AvgIpc) is 2.94. The molecule has 0 bridgehead atoms. The molecular weight excluding hydrogens is 469 g/mol. The van der Waals surface area contributed by atoms with Crippen LogP contribution in [0, 0.1) is 3.57 Å². The number of aromatic nitrogens is 2. The van der Waals surface area contributed by atoms with E-state index in [4.69, 9.17) is 9.15 Å². The van der Waals surface area contributed by atoms with Gasteiger partial charge in [0.1, 0.15) is 11.1 Å². The average molecular weight is 491 g/mol. The van der Waals surface area contributed by atoms with Crippen LogP contribution in [0.3, 0.4) is 0 Å². The summed E-state index contributed by atoms with van der Waals surface area (Å²) in [4.78, 5) is 20.9. The molecule has 0 aliphatic heterocycles. The Morgan fingerprint density at radius 3 is 2.43 bits per heavy atom. The third-order valence-corrected chi connectivity index (χ3v) is 5.92. The van der Waals surface area contributed by atoms with Gasteiger partial charge in [0.2, 0.25) is 5.71 Å². The zero-order chi connectivity index (χ0) is 19.9. The van der Waals surface area contributed by atoms with Crippen LogP contribution in [0.4, 0.5) is 4.79 Å². The first kappa shape index (κ1) is 19.2. The molecule has 146 valence electrons. The lowest BCUT2D eigenvalue weighted by molar-refractivity contribution is 0.0377. The lowest BCUT2D eigenvalue weighted by atomic mass is 9.72. The van der Waals surface area contributed by atoms with E-state index in [2.05, 4.69) is 50.0 Å². The van der Waals surface area contributed by atoms with Crippen LogP contribution in [0.25, 0.3) is 22.6 Å². The second-order valence-electron chi connectivity index (χ2n) is 8.10. The zero-order valence-corrected chi connectivity index (χ0v) is 18.2. The number of fused-ring (bicyclic) bond motifs is 1. The SMILES string of the molecule is CC(C)(C)OC(=O)NC1(c2ccc(-c3oc4nccnc4c3I)cc2)CCC1. The Kier molecular flexibility index (Phi) is 4.81. The summed E-state index contributed by atoms with van der Waals surface area (Å²) in [6, 6.07) is 8.14. The van der Waals surface area contributed by atoms with Crippen molar-refractivity contribution < 1.29 is 13.9 Å². The molecule has 28 heavy (non-hydrogen) atoms. The minimum atomic E-state index is -0.515. The van der Waals surface area contributed by atoms with E-state index >= 15 is 0 Å². The quantitative estimate of drug-likeness (QED) is 0.497. The van der Waals surface area contributed by atoms with Crippen LogP contribution in [0.15, 0.2) is 41.1 Å². The minimum absolute atomic E-state index is 0.356. The summed E-state index contributed by atoms with van der Waals surface area (Å²) in [5, 5.41) is 3.09. The number of nitrogens with one attached hydrogen (secondary N) is 1. The van der Waals surface area contributed by atoms with Gasteiger partial charge in [-0.2, -0.15) is 0 Å². The third kappa shape index (κ3) is 3.59. The van der Waals surface area contributed by atoms with Gasteiger partial charge in [0, 0.05) is 18.0 Å². The van der Waals surface area contributed by atoms with Crippen molar-refractivity contribution in [2.75, 3.05) is 0 Å². The highest BCUT2D eigenvalue weighted by atomic mass is 127. The molecule has 0 atom stereocenters. The van der Waals surface area contributed by atoms with Crippen molar-refractivity contribution in [2.24, 2.45) is 0 Å². The molecule has 1 aromatic carbocycles. The number of benzene rings is 1. The number of furan rings is 1. The summed E-state index contributed by atoms with van der Waals surface area (Å²) < 4.78 is 12.3. The summed E-state index contributed by atoms with van der Waals surface area (Å²) in [7, 11) is 0. The maximum atomic E-state index is 12.3. The lowest BCUT2D eigenvalue weighted by Gasteiger charge is -2.43. The molecule has 3 aromatic rings. The van der Waals surface area contributed by atoms with E-state index in [0.717, 1.165) is 45.2 Å². The molecule has 6 nitrogen and oxygen atoms in total. The highest BCUT2D eigenvalue weighted by Crippen LogP contribution is 2.42. The van der Waals surface area contributed by atoms with Crippen LogP contribution in [0.2, 0.25) is 0 Å². The summed E-state index contributed by atoms with van der Waals surface area (Å²) in [6.07, 6.45) is 5.80. The maximum absolute atomic E-state index is 12.3. The van der Waals surface area contributed by atoms with E-state index in [-0.39, 0.29) is 11.6 Å². The number of hydrogen-bond acceptors (Lipinski definition) is 5. The van der Waals surface area contributed by atoms with Gasteiger partial charge in [-0.3, -0.25) is 0 Å². The number of ether oxygens (including phenoxy) is 1. The molecule has 4 rings (SSSR count). The van der Waals surface area contributed by atoms with E-state index in [1.807, 2.05) is 32.9 Å². The van der Waals surface area contributed by atoms with Crippen LogP contribution in [-0.2, 0) is 10.3 Å². The van der Waals surface area contributed by atoms with Crippen molar-refractivity contribution in [3.8, 4) is 11.3 Å². The second-order valence-corrected chi connectivity index (χ2v) is 9.17. The molecule has 0 saturated heterocycles. The Labute approximate surface area is 177 Å². The van der Waals surface area contributed by atoms with Crippen molar-refractivity contribution in [3.05, 3.63) is 45.8 Å². The van der Waals surface area contributed by atoms with Crippen molar-refractivity contribution >= 4 is 39.9 Å². The molecular formula is C21H22IN3O3. The number of nitrogens with zero attached hydrogens (tertiary/aromatic N) is 2. The number of halogens is 1. The summed E-state index contributed by atoms with van der Waals surface area (Å²) in [6.45, 7) is 5.61. The van der Waals surface area contributed by atoms with Gasteiger partial charge in [-0.25, -0.2) is 14.8 Å². The topological polar surface area (TPSA) is 77.2 Å². The number of carbonyl (C=O) groups is 1. The van der Waals surface area contributed by atoms with Crippen molar-refractivity contribution in [3.63, 3.8) is 0 Å². The van der Waals surface area contributed by atoms with Crippen molar-refractivity contribution in [1.82, 2.24) is 15.3 Å². The van der Waals surface area contributed by atoms with E-state index in [1.54, 1.807) is 12.4 Å². The van der Waals surface area contributed by atoms with Gasteiger partial charge in [-0.05, 0) is 68.2 Å². The van der Waals surface area contributed by atoms with Gasteiger partial charge in [-0.1, -0.05) is 24.3 Å². The van der Waals surface area contributed by atoms with Crippen LogP contribution < -0.4 is 5.32 Å². The van der Waals surface area contributed by atoms with E-state index in [0.29, 0.717) is 5.71 Å². The van der Waals surface area contributed by atoms with E-state index in [1.165, 1.54) is 0 Å². The second kappa shape index (κ2) is 7.02. The molecule has 1 N–H and O–H groups in total. The number of amides is 1. The first-order valence-corrected chi connectivity index (χ1v) is 10.4. The van der Waals surface area contributed by atoms with Gasteiger partial charge >= 0.3 is 6.09 Å². The van der Waals surface area contributed by atoms with Crippen molar-refractivity contribution in [1.29, 1.82) is 0 Å². The Balaban J connectivity index is 1.59. The first-order chi connectivity index (χ1) is 13.3. The maximum Gasteiger partial charge on any atom is 0.408 e. The fourth-order valence-corrected chi connectivity index (χ4v) is 4.23. The van der Waals surface area contributed by atoms with Crippen LogP contribution >= 0.6 is 22.6 Å². The molecule has 1 saturated carbocycles. The predicted octanol–water partition coefficient (Wildman–Crippen LogP) is 5.40. The zero-order valence-electron chi connectivity index (χ0n) is 16.1. The van der Waals surface area contributed by atoms with Crippen LogP contribution in [0.5, 0.6) is 0 Å². The summed E-state index contributed by atoms with van der Waals surface area (Å²) in [5.74, 6) is 0.760. The van der Waals surface area contributed by atoms with Gasteiger partial charge in [0.15, 0.2) is 5.76 Å². The smallest absolute Gasteiger partial charge is 0.408 e. The first-order valence-electron chi connectivity index (χ1n) is 9.29. The Morgan fingerprint density at radius 2 is 1.86 bits per heavy atom. The largest absolute Gasteiger partial charge is 0.444 e. The highest BCUT2D eigenvalue weighted by Gasteiger charge is 2.41. The number of alkyl carbamates (subject to hydrolysis) is 1. The summed E-state index contributed by atoms with van der Waals surface area (Å²) in [5.41, 5.74) is 2.47. The fraction of sp³-hybridized carbons (Fsp3) is 0.381. The Bertz CT molecular complexity index is 1020. The molecule has 7 heteroatoms. The molecule has 1 fully saturated rings. The standard InChI is InChI=1S/C21H22IN3O3/c1-20(2,3)28-19(26)25-21(9-4-10-21)14-7-5-13(6-8-14)17-15(22)16-18(27-17)24-12-11-23-16/h5-8,11-12H,4,9-10H2,1-3H3,(H,25,26). The van der Waals surface area contributed by atoms with Gasteiger partial charge in [0.25, 0.3) is 0 Å². The number of hydrogen-bond donors (Lipinski definition) is 1. The highest BCUT2D eigenvalue weighted by molar-refractivity contribution is 14.1. The lowest BCUT2D eigenvalue weighted by Crippen LogP contribution is -2.52. The Morgan fingerprint density at radius 1 is 1.18 bits per heavy atom. The third-order valence-electron chi connectivity index (χ3n) is 4.92. The molecule has 0 unspecified atom stereocenters. The molecule has 2 aromatic heterocycles. The van der Waals surface area contributed by atoms with E-state index < -0.39 is 5.60 Å². The van der Waals surface area contributed by atoms with Gasteiger partial charge < -0.3 is 14.5 Å². The Hall–Kier alpha value is -2.16. The molecule has 2 heterocycles.